The highest BCUT2D eigenvalue weighted by Crippen LogP contribution is 2.46. The van der Waals surface area contributed by atoms with E-state index in [-0.39, 0.29) is 35.0 Å². The molecule has 2 bridgehead atoms. The maximum atomic E-state index is 15.0. The molecule has 0 radical (unpaired) electrons. The quantitative estimate of drug-likeness (QED) is 0.305. The van der Waals surface area contributed by atoms with Gasteiger partial charge in [0.2, 0.25) is 0 Å². The smallest absolute Gasteiger partial charge is 0.319 e. The molecule has 0 spiro atoms. The van der Waals surface area contributed by atoms with Crippen LogP contribution in [-0.4, -0.2) is 94.3 Å². The second kappa shape index (κ2) is 11.2. The predicted octanol–water partition coefficient (Wildman–Crippen LogP) is 3.17. The SMILES string of the molecule is [2H]C([2H])(Oc1nc(N2C[C@H]3CC[C@@H](C2)N3)c2cnn(-c3cc(O)cc4ccc(F)c(CC)c34)c(=O)c2n1)C1(CN2CCOCC2)CC1. The zero-order valence-electron chi connectivity index (χ0n) is 27.3. The van der Waals surface area contributed by atoms with Gasteiger partial charge in [-0.3, -0.25) is 9.69 Å². The van der Waals surface area contributed by atoms with Crippen LogP contribution in [0, 0.1) is 11.2 Å². The number of hydrogen-bond donors (Lipinski definition) is 2. The molecule has 5 heterocycles. The highest BCUT2D eigenvalue weighted by Gasteiger charge is 2.45. The number of halogens is 1. The molecular formula is C33H38FN7O4. The number of anilines is 1. The number of aryl methyl sites for hydroxylation is 1. The third-order valence-corrected chi connectivity index (χ3v) is 9.67. The molecule has 11 nitrogen and oxygen atoms in total. The molecule has 12 heteroatoms. The maximum Gasteiger partial charge on any atom is 0.319 e. The van der Waals surface area contributed by atoms with Crippen molar-refractivity contribution in [2.75, 3.05) is 57.4 Å². The van der Waals surface area contributed by atoms with E-state index in [1.165, 1.54) is 24.4 Å². The van der Waals surface area contributed by atoms with Crippen molar-refractivity contribution in [1.82, 2.24) is 30.0 Å². The van der Waals surface area contributed by atoms with Crippen LogP contribution in [0.4, 0.5) is 10.2 Å². The van der Waals surface area contributed by atoms with E-state index in [4.69, 9.17) is 17.2 Å². The van der Waals surface area contributed by atoms with E-state index in [9.17, 15) is 14.3 Å². The molecule has 3 aliphatic heterocycles. The van der Waals surface area contributed by atoms with Gasteiger partial charge in [0.15, 0.2) is 0 Å². The Bertz CT molecular complexity index is 1920. The van der Waals surface area contributed by atoms with Gasteiger partial charge in [0.05, 0.1) is 39.8 Å². The van der Waals surface area contributed by atoms with Gasteiger partial charge >= 0.3 is 6.01 Å². The number of phenolic OH excluding ortho intramolecular Hbond substituents is 1. The number of morpholine rings is 1. The third-order valence-electron chi connectivity index (χ3n) is 9.67. The molecule has 45 heavy (non-hydrogen) atoms. The molecular weight excluding hydrogens is 577 g/mol. The van der Waals surface area contributed by atoms with Gasteiger partial charge in [0.1, 0.15) is 22.9 Å². The molecule has 4 aliphatic rings. The Hall–Kier alpha value is -3.87. The van der Waals surface area contributed by atoms with Crippen LogP contribution >= 0.6 is 0 Å². The van der Waals surface area contributed by atoms with Crippen LogP contribution in [-0.2, 0) is 11.2 Å². The van der Waals surface area contributed by atoms with Crippen molar-refractivity contribution in [1.29, 1.82) is 0 Å². The Kier molecular flexibility index (Phi) is 6.55. The zero-order chi connectivity index (χ0) is 32.5. The molecule has 1 aliphatic carbocycles. The van der Waals surface area contributed by atoms with Gasteiger partial charge in [-0.15, -0.1) is 0 Å². The molecule has 4 fully saturated rings. The van der Waals surface area contributed by atoms with Crippen LogP contribution in [0.2, 0.25) is 0 Å². The van der Waals surface area contributed by atoms with E-state index in [0.29, 0.717) is 79.7 Å². The van der Waals surface area contributed by atoms with Gasteiger partial charge in [0, 0.05) is 61.7 Å². The number of piperazine rings is 1. The fourth-order valence-electron chi connectivity index (χ4n) is 7.19. The first kappa shape index (κ1) is 26.4. The molecule has 236 valence electrons. The summed E-state index contributed by atoms with van der Waals surface area (Å²) in [7, 11) is 0. The van der Waals surface area contributed by atoms with Gasteiger partial charge in [-0.2, -0.15) is 19.7 Å². The number of aromatic hydroxyl groups is 1. The summed E-state index contributed by atoms with van der Waals surface area (Å²) in [6.45, 7) is 4.29. The van der Waals surface area contributed by atoms with Gasteiger partial charge in [-0.05, 0) is 55.2 Å². The number of benzene rings is 2. The van der Waals surface area contributed by atoms with E-state index in [1.807, 2.05) is 6.92 Å². The Morgan fingerprint density at radius 1 is 1.18 bits per heavy atom. The largest absolute Gasteiger partial charge is 0.508 e. The van der Waals surface area contributed by atoms with Crippen LogP contribution in [0.3, 0.4) is 0 Å². The average molecular weight is 618 g/mol. The first-order valence-corrected chi connectivity index (χ1v) is 15.9. The summed E-state index contributed by atoms with van der Waals surface area (Å²) in [6.07, 6.45) is 5.28. The minimum Gasteiger partial charge on any atom is -0.508 e. The van der Waals surface area contributed by atoms with Crippen molar-refractivity contribution < 1.29 is 21.7 Å². The molecule has 8 rings (SSSR count). The van der Waals surface area contributed by atoms with Crippen LogP contribution in [0.1, 0.15) is 40.9 Å². The van der Waals surface area contributed by atoms with Crippen LogP contribution < -0.4 is 20.5 Å². The van der Waals surface area contributed by atoms with E-state index in [2.05, 4.69) is 25.2 Å². The van der Waals surface area contributed by atoms with Crippen molar-refractivity contribution in [2.24, 2.45) is 5.41 Å². The van der Waals surface area contributed by atoms with Gasteiger partial charge < -0.3 is 24.8 Å². The van der Waals surface area contributed by atoms with E-state index in [1.54, 1.807) is 6.07 Å². The number of phenols is 1. The summed E-state index contributed by atoms with van der Waals surface area (Å²) < 4.78 is 45.8. The van der Waals surface area contributed by atoms with E-state index >= 15 is 0 Å². The zero-order valence-corrected chi connectivity index (χ0v) is 25.3. The Morgan fingerprint density at radius 2 is 1.96 bits per heavy atom. The lowest BCUT2D eigenvalue weighted by atomic mass is 10.00. The van der Waals surface area contributed by atoms with Gasteiger partial charge in [-0.25, -0.2) is 4.39 Å². The lowest BCUT2D eigenvalue weighted by molar-refractivity contribution is 0.0231. The van der Waals surface area contributed by atoms with Crippen molar-refractivity contribution in [3.05, 3.63) is 52.2 Å². The third kappa shape index (κ3) is 5.28. The number of rotatable bonds is 8. The number of nitrogens with one attached hydrogen (secondary N) is 1. The minimum absolute atomic E-state index is 0.00523. The van der Waals surface area contributed by atoms with Crippen LogP contribution in [0.5, 0.6) is 11.8 Å². The van der Waals surface area contributed by atoms with Crippen LogP contribution in [0.15, 0.2) is 35.3 Å². The molecule has 2 atom stereocenters. The summed E-state index contributed by atoms with van der Waals surface area (Å²) >= 11 is 0. The molecule has 2 aromatic heterocycles. The fraction of sp³-hybridized carbons (Fsp3) is 0.515. The lowest BCUT2D eigenvalue weighted by Gasteiger charge is -2.34. The highest BCUT2D eigenvalue weighted by molar-refractivity contribution is 5.95. The summed E-state index contributed by atoms with van der Waals surface area (Å²) in [5.41, 5.74) is -0.702. The average Bonchev–Trinajstić information content (AvgIpc) is 3.78. The Morgan fingerprint density at radius 3 is 2.69 bits per heavy atom. The minimum atomic E-state index is -2.10. The molecule has 3 saturated heterocycles. The number of fused-ring (bicyclic) bond motifs is 4. The van der Waals surface area contributed by atoms with Crippen molar-refractivity contribution in [3.8, 4) is 17.4 Å². The first-order valence-electron chi connectivity index (χ1n) is 16.9. The number of hydrogen-bond acceptors (Lipinski definition) is 10. The van der Waals surface area contributed by atoms with Crippen molar-refractivity contribution in [2.45, 2.75) is 51.1 Å². The molecule has 0 amide bonds. The van der Waals surface area contributed by atoms with Crippen LogP contribution in [0.25, 0.3) is 27.4 Å². The molecule has 2 aromatic carbocycles. The lowest BCUT2D eigenvalue weighted by Crippen LogP contribution is -2.51. The Balaban J connectivity index is 1.26. The highest BCUT2D eigenvalue weighted by atomic mass is 19.1. The van der Waals surface area contributed by atoms with E-state index in [0.717, 1.165) is 30.6 Å². The van der Waals surface area contributed by atoms with Crippen molar-refractivity contribution >= 4 is 27.5 Å². The molecule has 0 unspecified atom stereocenters. The van der Waals surface area contributed by atoms with Gasteiger partial charge in [-0.1, -0.05) is 13.0 Å². The molecule has 2 N–H and O–H groups in total. The van der Waals surface area contributed by atoms with Gasteiger partial charge in [0.25, 0.3) is 5.56 Å². The molecule has 1 saturated carbocycles. The summed E-state index contributed by atoms with van der Waals surface area (Å²) in [6, 6.07) is 6.17. The second-order valence-electron chi connectivity index (χ2n) is 12.8. The van der Waals surface area contributed by atoms with Crippen molar-refractivity contribution in [3.63, 3.8) is 0 Å². The Labute approximate surface area is 262 Å². The topological polar surface area (TPSA) is 118 Å². The number of ether oxygens (including phenoxy) is 2. The predicted molar refractivity (Wildman–Crippen MR) is 168 cm³/mol. The normalized spacial score (nSPS) is 23.7. The maximum absolute atomic E-state index is 15.0. The van der Waals surface area contributed by atoms with E-state index < -0.39 is 23.4 Å². The number of nitrogens with zero attached hydrogens (tertiary/aromatic N) is 6. The second-order valence-corrected chi connectivity index (χ2v) is 12.8. The summed E-state index contributed by atoms with van der Waals surface area (Å²) in [5.74, 6) is -0.0420. The summed E-state index contributed by atoms with van der Waals surface area (Å²) in [5, 5.41) is 20.2. The molecule has 4 aromatic rings. The first-order chi connectivity index (χ1) is 22.6. The number of aromatic nitrogens is 4. The monoisotopic (exact) mass is 617 g/mol. The standard InChI is InChI=1S/C33H38FN7O4/c1-2-24-26(34)6-3-20-13-23(42)14-27(28(20)24)41-31(43)29-25(15-35-41)30(40-16-21-4-5-22(17-40)36-21)38-32(37-29)45-19-33(7-8-33)18-39-9-11-44-12-10-39/h3,6,13-15,21-22,36,42H,2,4-5,7-12,16-19H2,1H3/t21-,22+/i19D2. The summed E-state index contributed by atoms with van der Waals surface area (Å²) in [4.78, 5) is 28.0. The fourth-order valence-corrected chi connectivity index (χ4v) is 7.19.